The lowest BCUT2D eigenvalue weighted by Gasteiger charge is -2.21. The van der Waals surface area contributed by atoms with Crippen molar-refractivity contribution >= 4 is 7.82 Å². The van der Waals surface area contributed by atoms with E-state index in [1.54, 1.807) is 9.97 Å². The second kappa shape index (κ2) is 10.5. The van der Waals surface area contributed by atoms with Gasteiger partial charge in [-0.05, 0) is 0 Å². The van der Waals surface area contributed by atoms with E-state index in [1.807, 2.05) is 0 Å². The van der Waals surface area contributed by atoms with Crippen LogP contribution >= 0.6 is 7.82 Å². The van der Waals surface area contributed by atoms with E-state index in [0.29, 0.717) is 21.5 Å². The number of aromatic nitrogens is 4. The molecule has 2 fully saturated rings. The minimum atomic E-state index is -4.91. The predicted octanol–water partition coefficient (Wildman–Crippen LogP) is -2.20. The number of ether oxygens (including phenoxy) is 2. The Morgan fingerprint density at radius 2 is 1.49 bits per heavy atom. The summed E-state index contributed by atoms with van der Waals surface area (Å²) in [7, 11) is -4.91. The zero-order chi connectivity index (χ0) is 27.1. The van der Waals surface area contributed by atoms with Crippen molar-refractivity contribution in [3.05, 3.63) is 65.7 Å². The van der Waals surface area contributed by atoms with E-state index < -0.39 is 92.0 Å². The largest absolute Gasteiger partial charge is 0.472 e. The maximum Gasteiger partial charge on any atom is 0.472 e. The molecule has 0 bridgehead atoms. The van der Waals surface area contributed by atoms with Crippen molar-refractivity contribution in [2.75, 3.05) is 13.2 Å². The Morgan fingerprint density at radius 3 is 2.03 bits per heavy atom. The number of phosphoric ester groups is 1. The first-order chi connectivity index (χ1) is 17.4. The smallest absolute Gasteiger partial charge is 0.394 e. The minimum Gasteiger partial charge on any atom is -0.394 e. The summed E-state index contributed by atoms with van der Waals surface area (Å²) < 4.78 is 61.7. The molecule has 0 spiro atoms. The Morgan fingerprint density at radius 1 is 0.973 bits per heavy atom. The van der Waals surface area contributed by atoms with Gasteiger partial charge in [0.1, 0.15) is 30.8 Å². The van der Waals surface area contributed by atoms with E-state index in [0.717, 1.165) is 0 Å². The van der Waals surface area contributed by atoms with E-state index in [1.165, 1.54) is 0 Å². The molecular formula is C18H21F2N4O12P. The van der Waals surface area contributed by atoms with Gasteiger partial charge in [0.15, 0.2) is 0 Å². The van der Waals surface area contributed by atoms with Crippen molar-refractivity contribution in [2.24, 2.45) is 0 Å². The summed E-state index contributed by atoms with van der Waals surface area (Å²) in [6.45, 7) is -1.45. The number of nitrogens with one attached hydrogen (secondary N) is 2. The molecule has 0 radical (unpaired) electrons. The van der Waals surface area contributed by atoms with Crippen LogP contribution in [0.2, 0.25) is 0 Å². The average Bonchev–Trinajstić information content (AvgIpc) is 3.39. The molecule has 2 aliphatic heterocycles. The summed E-state index contributed by atoms with van der Waals surface area (Å²) in [5.41, 5.74) is -4.53. The number of hydrogen-bond donors (Lipinski definition) is 5. The molecule has 0 amide bonds. The highest BCUT2D eigenvalue weighted by atomic mass is 31.2. The van der Waals surface area contributed by atoms with Crippen molar-refractivity contribution < 1.29 is 47.0 Å². The normalized spacial score (nSPS) is 29.4. The van der Waals surface area contributed by atoms with Crippen LogP contribution in [0.1, 0.15) is 25.3 Å². The van der Waals surface area contributed by atoms with Gasteiger partial charge in [0.2, 0.25) is 11.6 Å². The molecule has 0 saturated carbocycles. The van der Waals surface area contributed by atoms with Crippen LogP contribution in [0.25, 0.3) is 0 Å². The number of aliphatic hydroxyl groups excluding tert-OH is 2. The van der Waals surface area contributed by atoms with Crippen molar-refractivity contribution in [3.63, 3.8) is 0 Å². The van der Waals surface area contributed by atoms with Crippen molar-refractivity contribution in [1.29, 1.82) is 0 Å². The molecule has 4 rings (SSSR count). The minimum absolute atomic E-state index is 0.245. The van der Waals surface area contributed by atoms with Gasteiger partial charge in [-0.25, -0.2) is 14.2 Å². The summed E-state index contributed by atoms with van der Waals surface area (Å²) in [5, 5.41) is 19.7. The quantitative estimate of drug-likeness (QED) is 0.219. The average molecular weight is 554 g/mol. The van der Waals surface area contributed by atoms with E-state index in [9.17, 15) is 47.6 Å². The summed E-state index contributed by atoms with van der Waals surface area (Å²) in [4.78, 5) is 59.9. The van der Waals surface area contributed by atoms with Crippen LogP contribution in [0.3, 0.4) is 0 Å². The second-order valence-corrected chi connectivity index (χ2v) is 9.58. The lowest BCUT2D eigenvalue weighted by Crippen LogP contribution is -2.34. The summed E-state index contributed by atoms with van der Waals surface area (Å²) in [5.74, 6) is -2.56. The van der Waals surface area contributed by atoms with E-state index in [2.05, 4.69) is 0 Å². The van der Waals surface area contributed by atoms with Crippen LogP contribution in [-0.4, -0.2) is 71.8 Å². The molecule has 2 aromatic heterocycles. The molecule has 2 aromatic rings. The van der Waals surface area contributed by atoms with Crippen LogP contribution in [0.4, 0.5) is 8.78 Å². The lowest BCUT2D eigenvalue weighted by molar-refractivity contribution is -0.0578. The van der Waals surface area contributed by atoms with Crippen LogP contribution < -0.4 is 22.5 Å². The Labute approximate surface area is 203 Å². The fourth-order valence-corrected chi connectivity index (χ4v) is 4.86. The summed E-state index contributed by atoms with van der Waals surface area (Å²) >= 11 is 0. The Bertz CT molecular complexity index is 1440. The predicted molar refractivity (Wildman–Crippen MR) is 113 cm³/mol. The molecular weight excluding hydrogens is 533 g/mol. The first-order valence-corrected chi connectivity index (χ1v) is 12.2. The van der Waals surface area contributed by atoms with Crippen molar-refractivity contribution in [2.45, 2.75) is 49.7 Å². The van der Waals surface area contributed by atoms with E-state index in [-0.39, 0.29) is 12.8 Å². The molecule has 1 unspecified atom stereocenters. The molecule has 37 heavy (non-hydrogen) atoms. The molecule has 0 aromatic carbocycles. The van der Waals surface area contributed by atoms with Crippen LogP contribution in [0.5, 0.6) is 0 Å². The molecule has 4 heterocycles. The Kier molecular flexibility index (Phi) is 7.72. The van der Waals surface area contributed by atoms with Crippen LogP contribution in [0.15, 0.2) is 31.6 Å². The van der Waals surface area contributed by atoms with Gasteiger partial charge in [-0.2, -0.15) is 8.78 Å². The second-order valence-electron chi connectivity index (χ2n) is 8.18. The zero-order valence-corrected chi connectivity index (χ0v) is 19.5. The molecule has 5 N–H and O–H groups in total. The molecule has 16 nitrogen and oxygen atoms in total. The third kappa shape index (κ3) is 5.86. The van der Waals surface area contributed by atoms with Crippen LogP contribution in [0, 0.1) is 11.6 Å². The number of H-pyrrole nitrogens is 2. The highest BCUT2D eigenvalue weighted by Crippen LogP contribution is 2.48. The first kappa shape index (κ1) is 27.2. The van der Waals surface area contributed by atoms with Crippen LogP contribution in [-0.2, 0) is 23.1 Å². The zero-order valence-electron chi connectivity index (χ0n) is 18.6. The van der Waals surface area contributed by atoms with Crippen molar-refractivity contribution in [1.82, 2.24) is 19.1 Å². The molecule has 7 atom stereocenters. The number of aromatic amines is 2. The van der Waals surface area contributed by atoms with Gasteiger partial charge in [0.05, 0.1) is 31.7 Å². The van der Waals surface area contributed by atoms with E-state index in [4.69, 9.17) is 18.5 Å². The SMILES string of the molecule is O=c1[nH]c(=O)n([C@@H]2C[C@@H](OP(=O)(O)OC[C@H]3O[C@@H](n4cc(F)c(=O)[nH]c4=O)C[C@@H]3O)[C@H](CO)O2)cc1F. The third-order valence-corrected chi connectivity index (χ3v) is 6.72. The fraction of sp³-hybridized carbons (Fsp3) is 0.556. The Balaban J connectivity index is 1.39. The highest BCUT2D eigenvalue weighted by molar-refractivity contribution is 7.47. The highest BCUT2D eigenvalue weighted by Gasteiger charge is 2.43. The maximum absolute atomic E-state index is 13.6. The van der Waals surface area contributed by atoms with Gasteiger partial charge in [0, 0.05) is 12.8 Å². The molecule has 0 aliphatic carbocycles. The number of phosphoric acid groups is 1. The maximum atomic E-state index is 13.6. The number of nitrogens with zero attached hydrogens (tertiary/aromatic N) is 2. The fourth-order valence-electron chi connectivity index (χ4n) is 3.90. The summed E-state index contributed by atoms with van der Waals surface area (Å²) in [6.07, 6.45) is -7.04. The van der Waals surface area contributed by atoms with E-state index >= 15 is 0 Å². The summed E-state index contributed by atoms with van der Waals surface area (Å²) in [6, 6.07) is 0. The van der Waals surface area contributed by atoms with Gasteiger partial charge in [-0.1, -0.05) is 0 Å². The monoisotopic (exact) mass is 554 g/mol. The molecule has 2 aliphatic rings. The topological polar surface area (TPSA) is 224 Å². The molecule has 204 valence electrons. The number of hydrogen-bond acceptors (Lipinski definition) is 11. The van der Waals surface area contributed by atoms with Gasteiger partial charge >= 0.3 is 19.2 Å². The number of halogens is 2. The van der Waals surface area contributed by atoms with Crippen molar-refractivity contribution in [3.8, 4) is 0 Å². The van der Waals surface area contributed by atoms with Gasteiger partial charge in [0.25, 0.3) is 11.1 Å². The Hall–Kier alpha value is -2.83. The van der Waals surface area contributed by atoms with Gasteiger partial charge < -0.3 is 24.6 Å². The van der Waals surface area contributed by atoms with Gasteiger partial charge in [-0.15, -0.1) is 0 Å². The molecule has 19 heteroatoms. The number of aliphatic hydroxyl groups is 2. The molecule has 2 saturated heterocycles. The van der Waals surface area contributed by atoms with Gasteiger partial charge in [-0.3, -0.25) is 37.7 Å². The number of rotatable bonds is 8. The standard InChI is InChI=1S/C18H21F2N4O12P/c19-7-3-23(17(29)21-15(7)27)13-1-9(26)12(35-13)6-33-37(31,32)36-10-2-14(34-11(10)5-25)24-4-8(20)16(28)22-18(24)30/h3-4,9-14,25-26H,1-2,5-6H2,(H,31,32)(H,21,27,29)(H,22,28,30)/t9-,10+,11-,12+,13+,14-/m0/s1. The lowest BCUT2D eigenvalue weighted by atomic mass is 10.2. The first-order valence-electron chi connectivity index (χ1n) is 10.7. The third-order valence-electron chi connectivity index (χ3n) is 5.70.